The van der Waals surface area contributed by atoms with Gasteiger partial charge in [-0.1, -0.05) is 6.92 Å². The van der Waals surface area contributed by atoms with E-state index in [2.05, 4.69) is 56.9 Å². The van der Waals surface area contributed by atoms with Crippen molar-refractivity contribution in [2.24, 2.45) is 0 Å². The van der Waals surface area contributed by atoms with Gasteiger partial charge in [-0.25, -0.2) is 0 Å². The van der Waals surface area contributed by atoms with Gasteiger partial charge in [-0.05, 0) is 60.7 Å². The minimum Gasteiger partial charge on any atom is -0.311 e. The Morgan fingerprint density at radius 1 is 1.33 bits per heavy atom. The van der Waals surface area contributed by atoms with Crippen molar-refractivity contribution in [1.82, 2.24) is 15.1 Å². The predicted octanol–water partition coefficient (Wildman–Crippen LogP) is 2.18. The van der Waals surface area contributed by atoms with Crippen LogP contribution in [0.1, 0.15) is 47.0 Å². The molecule has 0 bridgehead atoms. The fraction of sp³-hybridized carbons (Fsp3) is 1.00. The molecule has 1 heterocycles. The monoisotopic (exact) mass is 255 g/mol. The Hall–Kier alpha value is -0.120. The van der Waals surface area contributed by atoms with E-state index in [0.717, 1.165) is 12.6 Å². The smallest absolute Gasteiger partial charge is 0.0226 e. The Kier molecular flexibility index (Phi) is 6.09. The van der Waals surface area contributed by atoms with Crippen LogP contribution in [0.5, 0.6) is 0 Å². The van der Waals surface area contributed by atoms with E-state index in [1.54, 1.807) is 0 Å². The summed E-state index contributed by atoms with van der Waals surface area (Å²) in [6, 6.07) is 1.45. The fourth-order valence-electron chi connectivity index (χ4n) is 2.88. The predicted molar refractivity (Wildman–Crippen MR) is 80.1 cm³/mol. The highest BCUT2D eigenvalue weighted by atomic mass is 15.3. The molecule has 108 valence electrons. The van der Waals surface area contributed by atoms with Gasteiger partial charge in [-0.3, -0.25) is 4.90 Å². The lowest BCUT2D eigenvalue weighted by Gasteiger charge is -2.36. The second kappa shape index (κ2) is 6.88. The number of likely N-dealkylation sites (tertiary alicyclic amines) is 1. The first-order chi connectivity index (χ1) is 8.33. The minimum atomic E-state index is 0.226. The molecule has 2 atom stereocenters. The lowest BCUT2D eigenvalue weighted by Crippen LogP contribution is -2.50. The maximum atomic E-state index is 3.67. The molecular formula is C15H33N3. The van der Waals surface area contributed by atoms with E-state index in [4.69, 9.17) is 0 Å². The maximum absolute atomic E-state index is 3.67. The van der Waals surface area contributed by atoms with Crippen molar-refractivity contribution in [2.75, 3.05) is 33.7 Å². The normalized spacial score (nSPS) is 23.8. The van der Waals surface area contributed by atoms with Gasteiger partial charge in [0.25, 0.3) is 0 Å². The Balaban J connectivity index is 2.52. The van der Waals surface area contributed by atoms with Crippen LogP contribution in [-0.2, 0) is 0 Å². The molecule has 0 aromatic carbocycles. The van der Waals surface area contributed by atoms with E-state index in [9.17, 15) is 0 Å². The van der Waals surface area contributed by atoms with Crippen molar-refractivity contribution >= 4 is 0 Å². The maximum Gasteiger partial charge on any atom is 0.0226 e. The highest BCUT2D eigenvalue weighted by Gasteiger charge is 2.30. The molecular weight excluding hydrogens is 222 g/mol. The van der Waals surface area contributed by atoms with Gasteiger partial charge in [0.15, 0.2) is 0 Å². The highest BCUT2D eigenvalue weighted by molar-refractivity contribution is 4.88. The van der Waals surface area contributed by atoms with Crippen LogP contribution in [0.2, 0.25) is 0 Å². The molecule has 0 spiro atoms. The summed E-state index contributed by atoms with van der Waals surface area (Å²) < 4.78 is 0. The van der Waals surface area contributed by atoms with Crippen LogP contribution in [0.3, 0.4) is 0 Å². The van der Waals surface area contributed by atoms with Gasteiger partial charge < -0.3 is 10.2 Å². The number of likely N-dealkylation sites (N-methyl/N-ethyl adjacent to an activating group) is 1. The molecule has 0 amide bonds. The fourth-order valence-corrected chi connectivity index (χ4v) is 2.88. The Morgan fingerprint density at radius 3 is 2.50 bits per heavy atom. The molecule has 0 radical (unpaired) electrons. The Morgan fingerprint density at radius 2 is 2.00 bits per heavy atom. The lowest BCUT2D eigenvalue weighted by molar-refractivity contribution is 0.140. The van der Waals surface area contributed by atoms with Crippen molar-refractivity contribution in [3.63, 3.8) is 0 Å². The molecule has 3 heteroatoms. The standard InChI is InChI=1S/C15H33N3/c1-7-13(11-16-15(2,3)4)18-10-8-9-14(18)12-17(5)6/h13-14,16H,7-12H2,1-6H3. The van der Waals surface area contributed by atoms with Crippen molar-refractivity contribution in [3.05, 3.63) is 0 Å². The first kappa shape index (κ1) is 15.9. The molecule has 1 N–H and O–H groups in total. The second-order valence-electron chi connectivity index (χ2n) is 6.99. The zero-order valence-corrected chi connectivity index (χ0v) is 13.3. The number of nitrogens with zero attached hydrogens (tertiary/aromatic N) is 2. The highest BCUT2D eigenvalue weighted by Crippen LogP contribution is 2.22. The topological polar surface area (TPSA) is 18.5 Å². The number of hydrogen-bond donors (Lipinski definition) is 1. The largest absolute Gasteiger partial charge is 0.311 e. The first-order valence-electron chi connectivity index (χ1n) is 7.49. The lowest BCUT2D eigenvalue weighted by atomic mass is 10.1. The van der Waals surface area contributed by atoms with Gasteiger partial charge in [0.2, 0.25) is 0 Å². The SMILES string of the molecule is CCC(CNC(C)(C)C)N1CCCC1CN(C)C. The van der Waals surface area contributed by atoms with E-state index in [0.29, 0.717) is 6.04 Å². The third-order valence-corrected chi connectivity index (χ3v) is 3.81. The first-order valence-corrected chi connectivity index (χ1v) is 7.49. The Labute approximate surface area is 114 Å². The van der Waals surface area contributed by atoms with Crippen molar-refractivity contribution in [3.8, 4) is 0 Å². The van der Waals surface area contributed by atoms with Crippen LogP contribution in [0.4, 0.5) is 0 Å². The third kappa shape index (κ3) is 5.25. The van der Waals surface area contributed by atoms with Crippen molar-refractivity contribution < 1.29 is 0 Å². The second-order valence-corrected chi connectivity index (χ2v) is 6.99. The van der Waals surface area contributed by atoms with Crippen LogP contribution in [0.15, 0.2) is 0 Å². The van der Waals surface area contributed by atoms with Crippen LogP contribution in [0, 0.1) is 0 Å². The van der Waals surface area contributed by atoms with E-state index in [1.165, 1.54) is 32.4 Å². The summed E-state index contributed by atoms with van der Waals surface area (Å²) in [4.78, 5) is 5.06. The van der Waals surface area contributed by atoms with E-state index < -0.39 is 0 Å². The molecule has 1 saturated heterocycles. The number of rotatable bonds is 6. The van der Waals surface area contributed by atoms with Gasteiger partial charge in [-0.2, -0.15) is 0 Å². The molecule has 0 aliphatic carbocycles. The molecule has 18 heavy (non-hydrogen) atoms. The van der Waals surface area contributed by atoms with Gasteiger partial charge in [0, 0.05) is 30.7 Å². The quantitative estimate of drug-likeness (QED) is 0.785. The summed E-state index contributed by atoms with van der Waals surface area (Å²) in [5, 5.41) is 3.67. The van der Waals surface area contributed by atoms with Crippen molar-refractivity contribution in [2.45, 2.75) is 64.6 Å². The van der Waals surface area contributed by atoms with Crippen LogP contribution < -0.4 is 5.32 Å². The average Bonchev–Trinajstić information content (AvgIpc) is 2.65. The summed E-state index contributed by atoms with van der Waals surface area (Å²) >= 11 is 0. The summed E-state index contributed by atoms with van der Waals surface area (Å²) in [6.07, 6.45) is 3.97. The van der Waals surface area contributed by atoms with Crippen LogP contribution in [-0.4, -0.2) is 61.2 Å². The van der Waals surface area contributed by atoms with Gasteiger partial charge in [0.05, 0.1) is 0 Å². The van der Waals surface area contributed by atoms with Gasteiger partial charge in [0.1, 0.15) is 0 Å². The molecule has 3 nitrogen and oxygen atoms in total. The molecule has 0 aromatic rings. The van der Waals surface area contributed by atoms with Crippen LogP contribution in [0.25, 0.3) is 0 Å². The number of nitrogens with one attached hydrogen (secondary N) is 1. The molecule has 2 unspecified atom stereocenters. The zero-order valence-electron chi connectivity index (χ0n) is 13.3. The van der Waals surface area contributed by atoms with Gasteiger partial charge in [-0.15, -0.1) is 0 Å². The Bertz CT molecular complexity index is 232. The molecule has 1 aliphatic rings. The summed E-state index contributed by atoms with van der Waals surface area (Å²) in [5.41, 5.74) is 0.226. The molecule has 1 rings (SSSR count). The average molecular weight is 255 g/mol. The minimum absolute atomic E-state index is 0.226. The third-order valence-electron chi connectivity index (χ3n) is 3.81. The molecule has 0 saturated carbocycles. The summed E-state index contributed by atoms with van der Waals surface area (Å²) in [6.45, 7) is 12.7. The molecule has 1 aliphatic heterocycles. The van der Waals surface area contributed by atoms with E-state index in [-0.39, 0.29) is 5.54 Å². The van der Waals surface area contributed by atoms with Crippen LogP contribution >= 0.6 is 0 Å². The summed E-state index contributed by atoms with van der Waals surface area (Å²) in [5.74, 6) is 0. The zero-order chi connectivity index (χ0) is 13.8. The van der Waals surface area contributed by atoms with Crippen molar-refractivity contribution in [1.29, 1.82) is 0 Å². The van der Waals surface area contributed by atoms with E-state index >= 15 is 0 Å². The summed E-state index contributed by atoms with van der Waals surface area (Å²) in [7, 11) is 4.37. The molecule has 1 fully saturated rings. The van der Waals surface area contributed by atoms with E-state index in [1.807, 2.05) is 0 Å². The number of hydrogen-bond acceptors (Lipinski definition) is 3. The van der Waals surface area contributed by atoms with Gasteiger partial charge >= 0.3 is 0 Å². The molecule has 0 aromatic heterocycles.